The summed E-state index contributed by atoms with van der Waals surface area (Å²) in [6.07, 6.45) is 1.77. The largest absolute Gasteiger partial charge is 0.493 e. The van der Waals surface area contributed by atoms with Gasteiger partial charge in [-0.3, -0.25) is 14.9 Å². The number of carbonyl (C=O) groups is 2. The van der Waals surface area contributed by atoms with Gasteiger partial charge in [-0.25, -0.2) is 0 Å². The van der Waals surface area contributed by atoms with Gasteiger partial charge in [-0.1, -0.05) is 36.7 Å². The van der Waals surface area contributed by atoms with Crippen molar-refractivity contribution in [1.82, 2.24) is 10.6 Å². The average molecular weight is 506 g/mol. The number of carbonyl (C=O) groups excluding carboxylic acids is 2. The Morgan fingerprint density at radius 1 is 1.10 bits per heavy atom. The zero-order valence-corrected chi connectivity index (χ0v) is 20.4. The summed E-state index contributed by atoms with van der Waals surface area (Å²) in [5, 5.41) is 8.62. The first-order chi connectivity index (χ1) is 14.8. The van der Waals surface area contributed by atoms with Crippen molar-refractivity contribution in [1.29, 1.82) is 0 Å². The standard InChI is InChI=1S/C23H28BrN3O3S/c1-4-12-25-21(28)16-5-8-18(9-6-16)26-23(31)27-22(29)19-14-17(24)7-10-20(19)30-13-11-15(2)3/h5-10,14-15H,4,11-13H2,1-3H3,(H,25,28)(H2,26,27,29,31). The third-order valence-corrected chi connectivity index (χ3v) is 5.00. The molecule has 6 nitrogen and oxygen atoms in total. The van der Waals surface area contributed by atoms with Gasteiger partial charge in [0.25, 0.3) is 11.8 Å². The zero-order valence-electron chi connectivity index (χ0n) is 18.0. The highest BCUT2D eigenvalue weighted by atomic mass is 79.9. The van der Waals surface area contributed by atoms with Crippen LogP contribution in [-0.2, 0) is 0 Å². The van der Waals surface area contributed by atoms with Crippen LogP contribution in [-0.4, -0.2) is 30.1 Å². The minimum Gasteiger partial charge on any atom is -0.493 e. The van der Waals surface area contributed by atoms with E-state index < -0.39 is 0 Å². The van der Waals surface area contributed by atoms with Gasteiger partial charge >= 0.3 is 0 Å². The van der Waals surface area contributed by atoms with Crippen LogP contribution in [0.5, 0.6) is 5.75 Å². The molecule has 0 fully saturated rings. The number of benzene rings is 2. The summed E-state index contributed by atoms with van der Waals surface area (Å²) >= 11 is 8.67. The highest BCUT2D eigenvalue weighted by Gasteiger charge is 2.15. The first kappa shape index (κ1) is 24.8. The summed E-state index contributed by atoms with van der Waals surface area (Å²) in [5.41, 5.74) is 1.62. The molecule has 8 heteroatoms. The molecular formula is C23H28BrN3O3S. The van der Waals surface area contributed by atoms with Crippen LogP contribution >= 0.6 is 28.1 Å². The maximum absolute atomic E-state index is 12.8. The van der Waals surface area contributed by atoms with Crippen molar-refractivity contribution in [3.63, 3.8) is 0 Å². The van der Waals surface area contributed by atoms with Crippen LogP contribution in [0.25, 0.3) is 0 Å². The van der Waals surface area contributed by atoms with E-state index in [1.54, 1.807) is 36.4 Å². The van der Waals surface area contributed by atoms with E-state index in [1.807, 2.05) is 13.0 Å². The molecule has 0 aliphatic carbocycles. The monoisotopic (exact) mass is 505 g/mol. The Morgan fingerprint density at radius 3 is 2.45 bits per heavy atom. The smallest absolute Gasteiger partial charge is 0.261 e. The summed E-state index contributed by atoms with van der Waals surface area (Å²) in [5.74, 6) is 0.526. The lowest BCUT2D eigenvalue weighted by Gasteiger charge is -2.14. The number of anilines is 1. The predicted octanol–water partition coefficient (Wildman–Crippen LogP) is 5.14. The van der Waals surface area contributed by atoms with E-state index in [1.165, 1.54) is 0 Å². The predicted molar refractivity (Wildman–Crippen MR) is 132 cm³/mol. The van der Waals surface area contributed by atoms with Crippen LogP contribution in [0.2, 0.25) is 0 Å². The second kappa shape index (κ2) is 12.4. The van der Waals surface area contributed by atoms with E-state index in [-0.39, 0.29) is 16.9 Å². The summed E-state index contributed by atoms with van der Waals surface area (Å²) in [6, 6.07) is 12.2. The van der Waals surface area contributed by atoms with Crippen molar-refractivity contribution in [2.45, 2.75) is 33.6 Å². The fourth-order valence-corrected chi connectivity index (χ4v) is 3.16. The van der Waals surface area contributed by atoms with Gasteiger partial charge in [0.15, 0.2) is 5.11 Å². The molecule has 0 aliphatic heterocycles. The van der Waals surface area contributed by atoms with Gasteiger partial charge in [-0.15, -0.1) is 0 Å². The molecular weight excluding hydrogens is 478 g/mol. The third-order valence-electron chi connectivity index (χ3n) is 4.31. The first-order valence-electron chi connectivity index (χ1n) is 10.2. The van der Waals surface area contributed by atoms with Gasteiger partial charge in [-0.05, 0) is 73.4 Å². The maximum atomic E-state index is 12.8. The molecule has 2 amide bonds. The van der Waals surface area contributed by atoms with E-state index >= 15 is 0 Å². The second-order valence-corrected chi connectivity index (χ2v) is 8.74. The van der Waals surface area contributed by atoms with Crippen LogP contribution in [0.4, 0.5) is 5.69 Å². The Morgan fingerprint density at radius 2 is 1.81 bits per heavy atom. The second-order valence-electron chi connectivity index (χ2n) is 7.41. The summed E-state index contributed by atoms with van der Waals surface area (Å²) in [4.78, 5) is 24.7. The van der Waals surface area contributed by atoms with Gasteiger partial charge in [-0.2, -0.15) is 0 Å². The number of nitrogens with one attached hydrogen (secondary N) is 3. The number of hydrogen-bond donors (Lipinski definition) is 3. The SMILES string of the molecule is CCCNC(=O)c1ccc(NC(=S)NC(=O)c2cc(Br)ccc2OCCC(C)C)cc1. The van der Waals surface area contributed by atoms with Gasteiger partial charge in [0.05, 0.1) is 12.2 Å². The molecule has 2 aromatic rings. The van der Waals surface area contributed by atoms with Crippen LogP contribution in [0.3, 0.4) is 0 Å². The van der Waals surface area contributed by atoms with E-state index in [0.717, 1.165) is 17.3 Å². The summed E-state index contributed by atoms with van der Waals surface area (Å²) in [7, 11) is 0. The molecule has 166 valence electrons. The number of thiocarbonyl (C=S) groups is 1. The van der Waals surface area contributed by atoms with Crippen molar-refractivity contribution < 1.29 is 14.3 Å². The van der Waals surface area contributed by atoms with E-state index in [9.17, 15) is 9.59 Å². The normalized spacial score (nSPS) is 10.5. The molecule has 2 aromatic carbocycles. The van der Waals surface area contributed by atoms with Gasteiger partial charge < -0.3 is 15.4 Å². The van der Waals surface area contributed by atoms with E-state index in [2.05, 4.69) is 45.7 Å². The van der Waals surface area contributed by atoms with Crippen LogP contribution in [0, 0.1) is 5.92 Å². The molecule has 0 saturated heterocycles. The minimum absolute atomic E-state index is 0.121. The molecule has 0 atom stereocenters. The van der Waals surface area contributed by atoms with E-state index in [4.69, 9.17) is 17.0 Å². The first-order valence-corrected chi connectivity index (χ1v) is 11.4. The lowest BCUT2D eigenvalue weighted by molar-refractivity contribution is 0.0950. The van der Waals surface area contributed by atoms with Gasteiger partial charge in [0.1, 0.15) is 5.75 Å². The number of amides is 2. The molecule has 0 spiro atoms. The van der Waals surface area contributed by atoms with Crippen LogP contribution in [0.1, 0.15) is 54.3 Å². The Hall–Kier alpha value is -2.45. The van der Waals surface area contributed by atoms with E-state index in [0.29, 0.717) is 41.6 Å². The van der Waals surface area contributed by atoms with Crippen molar-refractivity contribution in [2.24, 2.45) is 5.92 Å². The third kappa shape index (κ3) is 8.30. The number of halogens is 1. The lowest BCUT2D eigenvalue weighted by atomic mass is 10.1. The molecule has 31 heavy (non-hydrogen) atoms. The highest BCUT2D eigenvalue weighted by Crippen LogP contribution is 2.24. The van der Waals surface area contributed by atoms with Gasteiger partial charge in [0.2, 0.25) is 0 Å². The number of rotatable bonds is 9. The fraction of sp³-hybridized carbons (Fsp3) is 0.348. The Balaban J connectivity index is 1.98. The summed E-state index contributed by atoms with van der Waals surface area (Å²) in [6.45, 7) is 7.39. The molecule has 0 aromatic heterocycles. The fourth-order valence-electron chi connectivity index (χ4n) is 2.59. The van der Waals surface area contributed by atoms with Crippen molar-refractivity contribution in [3.8, 4) is 5.75 Å². The topological polar surface area (TPSA) is 79.5 Å². The summed E-state index contributed by atoms with van der Waals surface area (Å²) < 4.78 is 6.57. The Kier molecular flexibility index (Phi) is 9.94. The van der Waals surface area contributed by atoms with Crippen molar-refractivity contribution in [3.05, 3.63) is 58.1 Å². The zero-order chi connectivity index (χ0) is 22.8. The Labute approximate surface area is 197 Å². The molecule has 2 rings (SSSR count). The molecule has 0 heterocycles. The minimum atomic E-state index is -0.367. The molecule has 3 N–H and O–H groups in total. The maximum Gasteiger partial charge on any atom is 0.261 e. The Bertz CT molecular complexity index is 917. The molecule has 0 radical (unpaired) electrons. The van der Waals surface area contributed by atoms with Crippen LogP contribution in [0.15, 0.2) is 46.9 Å². The average Bonchev–Trinajstić information content (AvgIpc) is 2.73. The van der Waals surface area contributed by atoms with Gasteiger partial charge in [0, 0.05) is 22.3 Å². The lowest BCUT2D eigenvalue weighted by Crippen LogP contribution is -2.34. The molecule has 0 bridgehead atoms. The number of ether oxygens (including phenoxy) is 1. The van der Waals surface area contributed by atoms with Crippen LogP contribution < -0.4 is 20.7 Å². The molecule has 0 unspecified atom stereocenters. The number of hydrogen-bond acceptors (Lipinski definition) is 4. The highest BCUT2D eigenvalue weighted by molar-refractivity contribution is 9.10. The van der Waals surface area contributed by atoms with Crippen molar-refractivity contribution in [2.75, 3.05) is 18.5 Å². The molecule has 0 saturated carbocycles. The quantitative estimate of drug-likeness (QED) is 0.411. The molecule has 0 aliphatic rings. The van der Waals surface area contributed by atoms with Crippen molar-refractivity contribution >= 4 is 50.8 Å².